The van der Waals surface area contributed by atoms with E-state index in [2.05, 4.69) is 0 Å². The summed E-state index contributed by atoms with van der Waals surface area (Å²) in [6.45, 7) is 0.633. The van der Waals surface area contributed by atoms with Crippen molar-refractivity contribution in [1.82, 2.24) is 0 Å². The summed E-state index contributed by atoms with van der Waals surface area (Å²) in [6, 6.07) is 4.61. The number of nitrogens with zero attached hydrogens (tertiary/aromatic N) is 1. The molecule has 0 saturated carbocycles. The third-order valence-corrected chi connectivity index (χ3v) is 2.58. The smallest absolute Gasteiger partial charge is 0.148 e. The predicted octanol–water partition coefficient (Wildman–Crippen LogP) is 1.18. The van der Waals surface area contributed by atoms with Gasteiger partial charge in [-0.2, -0.15) is 0 Å². The molecule has 1 aromatic carbocycles. The second-order valence-electron chi connectivity index (χ2n) is 3.97. The lowest BCUT2D eigenvalue weighted by molar-refractivity contribution is -0.115. The Labute approximate surface area is 99.8 Å². The van der Waals surface area contributed by atoms with Gasteiger partial charge in [0.25, 0.3) is 0 Å². The minimum atomic E-state index is -0.911. The van der Waals surface area contributed by atoms with Crippen LogP contribution in [0.25, 0.3) is 0 Å². The lowest BCUT2D eigenvalue weighted by Crippen LogP contribution is -2.20. The SMILES string of the molecule is CN(CCCC(O)C=O)c1ccc(N)c(F)c1. The van der Waals surface area contributed by atoms with Crippen LogP contribution in [-0.4, -0.2) is 31.1 Å². The zero-order chi connectivity index (χ0) is 12.8. The molecular formula is C12H17FN2O2. The van der Waals surface area contributed by atoms with E-state index in [1.165, 1.54) is 12.1 Å². The van der Waals surface area contributed by atoms with Crippen molar-refractivity contribution in [2.75, 3.05) is 24.2 Å². The molecule has 1 atom stereocenters. The van der Waals surface area contributed by atoms with Gasteiger partial charge in [-0.1, -0.05) is 0 Å². The Hall–Kier alpha value is -1.62. The van der Waals surface area contributed by atoms with Crippen LogP contribution in [0.4, 0.5) is 15.8 Å². The number of hydrogen-bond donors (Lipinski definition) is 2. The van der Waals surface area contributed by atoms with Gasteiger partial charge in [0.15, 0.2) is 0 Å². The second-order valence-corrected chi connectivity index (χ2v) is 3.97. The zero-order valence-electron chi connectivity index (χ0n) is 9.77. The molecule has 3 N–H and O–H groups in total. The normalized spacial score (nSPS) is 12.2. The Kier molecular flexibility index (Phi) is 4.90. The van der Waals surface area contributed by atoms with E-state index in [0.717, 1.165) is 5.69 Å². The summed E-state index contributed by atoms with van der Waals surface area (Å²) in [5.41, 5.74) is 6.22. The molecule has 0 aliphatic carbocycles. The maximum atomic E-state index is 13.2. The molecule has 0 aromatic heterocycles. The van der Waals surface area contributed by atoms with Crippen LogP contribution in [0.15, 0.2) is 18.2 Å². The highest BCUT2D eigenvalue weighted by Gasteiger charge is 2.06. The van der Waals surface area contributed by atoms with E-state index in [1.54, 1.807) is 6.07 Å². The first-order chi connectivity index (χ1) is 8.04. The molecule has 94 valence electrons. The van der Waals surface area contributed by atoms with E-state index < -0.39 is 11.9 Å². The zero-order valence-corrected chi connectivity index (χ0v) is 9.77. The maximum Gasteiger partial charge on any atom is 0.148 e. The van der Waals surface area contributed by atoms with E-state index in [-0.39, 0.29) is 5.69 Å². The van der Waals surface area contributed by atoms with Crippen molar-refractivity contribution in [2.24, 2.45) is 0 Å². The van der Waals surface area contributed by atoms with E-state index in [4.69, 9.17) is 10.8 Å². The number of aliphatic hydroxyl groups is 1. The van der Waals surface area contributed by atoms with Gasteiger partial charge < -0.3 is 20.5 Å². The Bertz CT molecular complexity index is 385. The first kappa shape index (κ1) is 13.4. The van der Waals surface area contributed by atoms with Gasteiger partial charge in [-0.05, 0) is 31.0 Å². The number of carbonyl (C=O) groups excluding carboxylic acids is 1. The van der Waals surface area contributed by atoms with Crippen LogP contribution in [0, 0.1) is 5.82 Å². The lowest BCUT2D eigenvalue weighted by atomic mass is 10.2. The Morgan fingerprint density at radius 3 is 2.88 bits per heavy atom. The van der Waals surface area contributed by atoms with Crippen molar-refractivity contribution < 1.29 is 14.3 Å². The number of aldehydes is 1. The number of anilines is 2. The van der Waals surface area contributed by atoms with Gasteiger partial charge in [0.2, 0.25) is 0 Å². The molecule has 0 spiro atoms. The van der Waals surface area contributed by atoms with Crippen LogP contribution in [0.5, 0.6) is 0 Å². The predicted molar refractivity (Wildman–Crippen MR) is 65.4 cm³/mol. The van der Waals surface area contributed by atoms with Gasteiger partial charge in [-0.25, -0.2) is 4.39 Å². The fourth-order valence-electron chi connectivity index (χ4n) is 1.49. The van der Waals surface area contributed by atoms with Gasteiger partial charge in [-0.15, -0.1) is 0 Å². The number of nitrogens with two attached hydrogens (primary N) is 1. The average Bonchev–Trinajstić information content (AvgIpc) is 2.32. The topological polar surface area (TPSA) is 66.6 Å². The molecule has 0 radical (unpaired) electrons. The summed E-state index contributed by atoms with van der Waals surface area (Å²) in [7, 11) is 1.82. The molecule has 4 nitrogen and oxygen atoms in total. The molecule has 1 rings (SSSR count). The number of carbonyl (C=O) groups is 1. The molecular weight excluding hydrogens is 223 g/mol. The van der Waals surface area contributed by atoms with Crippen molar-refractivity contribution >= 4 is 17.7 Å². The average molecular weight is 240 g/mol. The van der Waals surface area contributed by atoms with Crippen molar-refractivity contribution in [3.63, 3.8) is 0 Å². The summed E-state index contributed by atoms with van der Waals surface area (Å²) in [4.78, 5) is 12.1. The molecule has 1 unspecified atom stereocenters. The number of nitrogen functional groups attached to an aromatic ring is 1. The standard InChI is InChI=1S/C12H17FN2O2/c1-15(6-2-3-10(17)8-16)9-4-5-12(14)11(13)7-9/h4-5,7-8,10,17H,2-3,6,14H2,1H3. The molecule has 5 heteroatoms. The van der Waals surface area contributed by atoms with Crippen molar-refractivity contribution in [1.29, 1.82) is 0 Å². The number of rotatable bonds is 6. The quantitative estimate of drug-likeness (QED) is 0.579. The highest BCUT2D eigenvalue weighted by Crippen LogP contribution is 2.19. The molecule has 17 heavy (non-hydrogen) atoms. The second kappa shape index (κ2) is 6.20. The Balaban J connectivity index is 2.49. The van der Waals surface area contributed by atoms with Crippen LogP contribution >= 0.6 is 0 Å². The first-order valence-electron chi connectivity index (χ1n) is 5.44. The highest BCUT2D eigenvalue weighted by molar-refractivity contribution is 5.55. The summed E-state index contributed by atoms with van der Waals surface area (Å²) in [5, 5.41) is 9.06. The maximum absolute atomic E-state index is 13.2. The molecule has 0 aliphatic rings. The minimum absolute atomic E-state index is 0.124. The fraction of sp³-hybridized carbons (Fsp3) is 0.417. The van der Waals surface area contributed by atoms with Gasteiger partial charge in [0, 0.05) is 19.3 Å². The Morgan fingerprint density at radius 2 is 2.29 bits per heavy atom. The largest absolute Gasteiger partial charge is 0.396 e. The van der Waals surface area contributed by atoms with E-state index >= 15 is 0 Å². The number of halogens is 1. The Morgan fingerprint density at radius 1 is 1.59 bits per heavy atom. The molecule has 0 amide bonds. The molecule has 0 bridgehead atoms. The van der Waals surface area contributed by atoms with Crippen LogP contribution in [0.1, 0.15) is 12.8 Å². The summed E-state index contributed by atoms with van der Waals surface area (Å²) in [5.74, 6) is -0.442. The van der Waals surface area contributed by atoms with Gasteiger partial charge in [0.1, 0.15) is 18.2 Å². The number of benzene rings is 1. The van der Waals surface area contributed by atoms with Crippen molar-refractivity contribution in [3.05, 3.63) is 24.0 Å². The lowest BCUT2D eigenvalue weighted by Gasteiger charge is -2.19. The number of aliphatic hydroxyl groups excluding tert-OH is 1. The third kappa shape index (κ3) is 4.03. The molecule has 0 fully saturated rings. The molecule has 0 aliphatic heterocycles. The molecule has 0 saturated heterocycles. The minimum Gasteiger partial charge on any atom is -0.396 e. The van der Waals surface area contributed by atoms with Gasteiger partial charge in [0.05, 0.1) is 5.69 Å². The van der Waals surface area contributed by atoms with Crippen LogP contribution < -0.4 is 10.6 Å². The summed E-state index contributed by atoms with van der Waals surface area (Å²) in [6.07, 6.45) is 0.669. The molecule has 1 aromatic rings. The third-order valence-electron chi connectivity index (χ3n) is 2.58. The van der Waals surface area contributed by atoms with E-state index in [9.17, 15) is 9.18 Å². The van der Waals surface area contributed by atoms with Gasteiger partial charge >= 0.3 is 0 Å². The van der Waals surface area contributed by atoms with Crippen LogP contribution in [0.2, 0.25) is 0 Å². The van der Waals surface area contributed by atoms with Crippen LogP contribution in [-0.2, 0) is 4.79 Å². The summed E-state index contributed by atoms with van der Waals surface area (Å²) < 4.78 is 13.2. The monoisotopic (exact) mass is 240 g/mol. The van der Waals surface area contributed by atoms with Crippen molar-refractivity contribution in [3.8, 4) is 0 Å². The van der Waals surface area contributed by atoms with Crippen molar-refractivity contribution in [2.45, 2.75) is 18.9 Å². The van der Waals surface area contributed by atoms with E-state index in [1.807, 2.05) is 11.9 Å². The number of hydrogen-bond acceptors (Lipinski definition) is 4. The fourth-order valence-corrected chi connectivity index (χ4v) is 1.49. The van der Waals surface area contributed by atoms with Gasteiger partial charge in [-0.3, -0.25) is 0 Å². The highest BCUT2D eigenvalue weighted by atomic mass is 19.1. The van der Waals surface area contributed by atoms with Crippen LogP contribution in [0.3, 0.4) is 0 Å². The van der Waals surface area contributed by atoms with E-state index in [0.29, 0.717) is 25.7 Å². The molecule has 0 heterocycles. The first-order valence-corrected chi connectivity index (χ1v) is 5.44. The summed E-state index contributed by atoms with van der Waals surface area (Å²) >= 11 is 0.